The van der Waals surface area contributed by atoms with E-state index in [1.807, 2.05) is 0 Å². The maximum atomic E-state index is 15.5. The Balaban J connectivity index is 1.91. The zero-order valence-electron chi connectivity index (χ0n) is 27.1. The molecule has 1 aliphatic carbocycles. The van der Waals surface area contributed by atoms with Crippen molar-refractivity contribution in [3.8, 4) is 0 Å². The second-order valence-corrected chi connectivity index (χ2v) is 17.8. The van der Waals surface area contributed by atoms with Gasteiger partial charge in [0.05, 0.1) is 77.6 Å². The van der Waals surface area contributed by atoms with Gasteiger partial charge in [0, 0.05) is 35.1 Å². The summed E-state index contributed by atoms with van der Waals surface area (Å²) in [5.74, 6) is -18.1. The lowest BCUT2D eigenvalue weighted by atomic mass is 9.96. The summed E-state index contributed by atoms with van der Waals surface area (Å²) in [6.45, 7) is 3.28. The number of sulfone groups is 2. The van der Waals surface area contributed by atoms with Gasteiger partial charge in [-0.25, -0.2) is 16.8 Å². The molecule has 49 heavy (non-hydrogen) atoms. The number of ether oxygens (including phenoxy) is 6. The van der Waals surface area contributed by atoms with E-state index in [2.05, 4.69) is 0 Å². The van der Waals surface area contributed by atoms with Crippen molar-refractivity contribution in [2.75, 3.05) is 91.8 Å². The second kappa shape index (κ2) is 17.3. The number of halogens is 6. The third-order valence-electron chi connectivity index (χ3n) is 7.21. The number of thiophene rings is 2. The van der Waals surface area contributed by atoms with Crippen molar-refractivity contribution in [1.29, 1.82) is 0 Å². The number of alkyl halides is 6. The summed E-state index contributed by atoms with van der Waals surface area (Å²) in [5.41, 5.74) is -5.18. The normalized spacial score (nSPS) is 17.3. The molecule has 2 aromatic heterocycles. The smallest absolute Gasteiger partial charge is 0.380 e. The second-order valence-electron chi connectivity index (χ2n) is 10.6. The third kappa shape index (κ3) is 9.44. The zero-order chi connectivity index (χ0) is 36.7. The standard InChI is InChI=1S/C29H38F6O10S4/c1-19-21(17-23(46-19)48(36,37)15-13-44-11-9-42-7-5-40-3)25-26(28(32,33)29(34,35)27(25,30)31)22-18-24(47-20(22)2)49(38,39)16-14-45-12-10-43-8-6-41-4/h17-18H,5-16H2,1-4H3. The SMILES string of the molecule is COCCOCCOCCS(=O)(=O)c1cc(C2=C(c3cc(S(=O)(=O)CCOCCOCCOC)sc3C)C(F)(F)C(F)(F)C2(F)F)c(C)s1. The highest BCUT2D eigenvalue weighted by molar-refractivity contribution is 7.93. The summed E-state index contributed by atoms with van der Waals surface area (Å²) < 4.78 is 173. The predicted molar refractivity (Wildman–Crippen MR) is 171 cm³/mol. The minimum Gasteiger partial charge on any atom is -0.382 e. The number of hydrogen-bond acceptors (Lipinski definition) is 12. The monoisotopic (exact) mass is 788 g/mol. The molecule has 0 fully saturated rings. The first-order valence-corrected chi connectivity index (χ1v) is 19.6. The van der Waals surface area contributed by atoms with Crippen molar-refractivity contribution in [3.63, 3.8) is 0 Å². The molecule has 3 rings (SSSR count). The highest BCUT2D eigenvalue weighted by Gasteiger charge is 2.80. The van der Waals surface area contributed by atoms with Gasteiger partial charge in [-0.3, -0.25) is 0 Å². The molecular weight excluding hydrogens is 751 g/mol. The largest absolute Gasteiger partial charge is 0.382 e. The molecule has 20 heteroatoms. The van der Waals surface area contributed by atoms with Crippen molar-refractivity contribution in [2.24, 2.45) is 0 Å². The molecule has 0 radical (unpaired) electrons. The van der Waals surface area contributed by atoms with Gasteiger partial charge in [-0.2, -0.15) is 26.3 Å². The zero-order valence-corrected chi connectivity index (χ0v) is 30.4. The number of hydrogen-bond donors (Lipinski definition) is 0. The van der Waals surface area contributed by atoms with Crippen LogP contribution in [-0.2, 0) is 48.1 Å². The molecule has 0 bridgehead atoms. The van der Waals surface area contributed by atoms with E-state index in [4.69, 9.17) is 28.4 Å². The molecule has 0 unspecified atom stereocenters. The van der Waals surface area contributed by atoms with Crippen LogP contribution in [0.5, 0.6) is 0 Å². The third-order valence-corrected chi connectivity index (χ3v) is 13.8. The predicted octanol–water partition coefficient (Wildman–Crippen LogP) is 5.16. The average Bonchev–Trinajstić information content (AvgIpc) is 3.63. The maximum absolute atomic E-state index is 15.5. The number of allylic oxidation sites excluding steroid dienone is 2. The molecule has 0 amide bonds. The summed E-state index contributed by atoms with van der Waals surface area (Å²) in [7, 11) is -5.48. The van der Waals surface area contributed by atoms with Crippen LogP contribution < -0.4 is 0 Å². The van der Waals surface area contributed by atoms with Crippen LogP contribution in [0.3, 0.4) is 0 Å². The summed E-state index contributed by atoms with van der Waals surface area (Å²) >= 11 is 0.908. The molecule has 10 nitrogen and oxygen atoms in total. The minimum atomic E-state index is -5.93. The fourth-order valence-electron chi connectivity index (χ4n) is 4.61. The van der Waals surface area contributed by atoms with Crippen molar-refractivity contribution in [1.82, 2.24) is 0 Å². The Morgan fingerprint density at radius 2 is 0.857 bits per heavy atom. The van der Waals surface area contributed by atoms with Gasteiger partial charge < -0.3 is 28.4 Å². The lowest BCUT2D eigenvalue weighted by molar-refractivity contribution is -0.254. The van der Waals surface area contributed by atoms with E-state index in [9.17, 15) is 25.6 Å². The van der Waals surface area contributed by atoms with Gasteiger partial charge >= 0.3 is 17.8 Å². The van der Waals surface area contributed by atoms with E-state index in [1.165, 1.54) is 14.2 Å². The highest BCUT2D eigenvalue weighted by atomic mass is 32.2. The van der Waals surface area contributed by atoms with E-state index >= 15 is 17.6 Å². The Morgan fingerprint density at radius 1 is 0.551 bits per heavy atom. The molecule has 280 valence electrons. The van der Waals surface area contributed by atoms with E-state index in [0.717, 1.165) is 13.8 Å². The quantitative estimate of drug-likeness (QED) is 0.117. The molecule has 0 saturated carbocycles. The van der Waals surface area contributed by atoms with E-state index in [-0.39, 0.29) is 49.4 Å². The summed E-state index contributed by atoms with van der Waals surface area (Å²) in [6, 6.07) is 1.33. The molecule has 0 N–H and O–H groups in total. The summed E-state index contributed by atoms with van der Waals surface area (Å²) in [4.78, 5) is -0.480. The van der Waals surface area contributed by atoms with Crippen LogP contribution in [0, 0.1) is 13.8 Å². The van der Waals surface area contributed by atoms with Gasteiger partial charge in [0.15, 0.2) is 19.7 Å². The molecule has 1 aliphatic rings. The van der Waals surface area contributed by atoms with Gasteiger partial charge in [0.1, 0.15) is 8.42 Å². The Kier molecular flexibility index (Phi) is 14.7. The first-order chi connectivity index (χ1) is 22.9. The molecule has 0 aliphatic heterocycles. The fourth-order valence-corrected chi connectivity index (χ4v) is 10.0. The van der Waals surface area contributed by atoms with Gasteiger partial charge in [-0.15, -0.1) is 22.7 Å². The van der Waals surface area contributed by atoms with E-state index < -0.39 is 79.6 Å². The number of rotatable bonds is 22. The molecule has 0 spiro atoms. The maximum Gasteiger partial charge on any atom is 0.380 e. The van der Waals surface area contributed by atoms with E-state index in [0.29, 0.717) is 61.2 Å². The van der Waals surface area contributed by atoms with Crippen LogP contribution in [0.4, 0.5) is 26.3 Å². The molecule has 2 aromatic rings. The lowest BCUT2D eigenvalue weighted by Gasteiger charge is -2.25. The van der Waals surface area contributed by atoms with Crippen LogP contribution in [0.1, 0.15) is 20.9 Å². The van der Waals surface area contributed by atoms with Crippen LogP contribution in [0.2, 0.25) is 0 Å². The van der Waals surface area contributed by atoms with Crippen molar-refractivity contribution in [3.05, 3.63) is 33.0 Å². The Bertz CT molecular complexity index is 1530. The van der Waals surface area contributed by atoms with Gasteiger partial charge in [0.25, 0.3) is 0 Å². The number of methoxy groups -OCH3 is 2. The van der Waals surface area contributed by atoms with Gasteiger partial charge in [0.2, 0.25) is 0 Å². The molecule has 0 atom stereocenters. The minimum absolute atomic E-state index is 0.0373. The van der Waals surface area contributed by atoms with Crippen molar-refractivity contribution in [2.45, 2.75) is 40.0 Å². The summed E-state index contributed by atoms with van der Waals surface area (Å²) in [5, 5.41) is 0. The van der Waals surface area contributed by atoms with Gasteiger partial charge in [-0.05, 0) is 37.1 Å². The average molecular weight is 789 g/mol. The molecular formula is C29H38F6O10S4. The number of aryl methyl sites for hydroxylation is 2. The Hall–Kier alpha value is -1.62. The van der Waals surface area contributed by atoms with Crippen LogP contribution in [-0.4, -0.2) is 126 Å². The van der Waals surface area contributed by atoms with Crippen LogP contribution in [0.15, 0.2) is 20.6 Å². The van der Waals surface area contributed by atoms with Crippen LogP contribution >= 0.6 is 22.7 Å². The molecule has 2 heterocycles. The Labute approximate surface area is 289 Å². The fraction of sp³-hybridized carbons (Fsp3) is 0.655. The van der Waals surface area contributed by atoms with E-state index in [1.54, 1.807) is 0 Å². The molecule has 0 saturated heterocycles. The highest BCUT2D eigenvalue weighted by Crippen LogP contribution is 2.66. The first-order valence-electron chi connectivity index (χ1n) is 14.7. The van der Waals surface area contributed by atoms with Crippen molar-refractivity contribution >= 4 is 53.5 Å². The molecule has 0 aromatic carbocycles. The first kappa shape index (κ1) is 41.8. The topological polar surface area (TPSA) is 124 Å². The van der Waals surface area contributed by atoms with Crippen molar-refractivity contribution < 1.29 is 71.6 Å². The summed E-state index contributed by atoms with van der Waals surface area (Å²) in [6.07, 6.45) is 0. The lowest BCUT2D eigenvalue weighted by Crippen LogP contribution is -2.48. The van der Waals surface area contributed by atoms with Crippen LogP contribution in [0.25, 0.3) is 11.1 Å². The van der Waals surface area contributed by atoms with Gasteiger partial charge in [-0.1, -0.05) is 0 Å². The Morgan fingerprint density at radius 3 is 1.18 bits per heavy atom.